The molecule has 0 saturated carbocycles. The van der Waals surface area contributed by atoms with Gasteiger partial charge in [-0.2, -0.15) is 5.26 Å². The Bertz CT molecular complexity index is 554. The summed E-state index contributed by atoms with van der Waals surface area (Å²) in [4.78, 5) is 0. The minimum Gasteiger partial charge on any atom is -0.331 e. The van der Waals surface area contributed by atoms with Gasteiger partial charge in [-0.05, 0) is 29.8 Å². The van der Waals surface area contributed by atoms with Gasteiger partial charge in [0.25, 0.3) is 0 Å². The number of nitriles is 1. The van der Waals surface area contributed by atoms with Crippen LogP contribution in [0.25, 0.3) is 0 Å². The molecule has 0 spiro atoms. The Morgan fingerprint density at radius 2 is 2.18 bits per heavy atom. The van der Waals surface area contributed by atoms with E-state index in [-0.39, 0.29) is 6.04 Å². The number of rotatable bonds is 3. The zero-order chi connectivity index (χ0) is 12.3. The largest absolute Gasteiger partial charge is 0.331 e. The molecule has 4 heteroatoms. The van der Waals surface area contributed by atoms with Crippen LogP contribution in [0.4, 0.5) is 0 Å². The van der Waals surface area contributed by atoms with E-state index >= 15 is 0 Å². The van der Waals surface area contributed by atoms with Gasteiger partial charge in [-0.25, -0.2) is 0 Å². The van der Waals surface area contributed by atoms with Gasteiger partial charge in [-0.3, -0.25) is 0 Å². The normalized spacial score (nSPS) is 12.1. The van der Waals surface area contributed by atoms with E-state index in [9.17, 15) is 0 Å². The molecule has 86 valence electrons. The van der Waals surface area contributed by atoms with E-state index in [1.165, 1.54) is 0 Å². The third-order valence-electron chi connectivity index (χ3n) is 2.69. The molecule has 0 fully saturated rings. The van der Waals surface area contributed by atoms with Crippen molar-refractivity contribution in [1.82, 2.24) is 4.57 Å². The summed E-state index contributed by atoms with van der Waals surface area (Å²) in [5.74, 6) is 0. The first kappa shape index (κ1) is 11.7. The molecule has 2 aromatic rings. The highest BCUT2D eigenvalue weighted by Gasteiger charge is 2.14. The van der Waals surface area contributed by atoms with Crippen molar-refractivity contribution in [2.45, 2.75) is 6.04 Å². The fourth-order valence-electron chi connectivity index (χ4n) is 1.88. The summed E-state index contributed by atoms with van der Waals surface area (Å²) in [6, 6.07) is 13.2. The number of hydrogen-bond donors (Lipinski definition) is 1. The van der Waals surface area contributed by atoms with Crippen LogP contribution in [0.3, 0.4) is 0 Å². The molecule has 0 aliphatic heterocycles. The van der Waals surface area contributed by atoms with Crippen LogP contribution in [0.1, 0.15) is 17.3 Å². The van der Waals surface area contributed by atoms with E-state index in [0.29, 0.717) is 17.3 Å². The van der Waals surface area contributed by atoms with E-state index < -0.39 is 0 Å². The van der Waals surface area contributed by atoms with Crippen molar-refractivity contribution in [3.05, 3.63) is 58.9 Å². The SMILES string of the molecule is N#Cc1cccn1C(CN)c1cccc(Cl)c1. The fourth-order valence-corrected chi connectivity index (χ4v) is 2.08. The molecule has 2 N–H and O–H groups in total. The Morgan fingerprint density at radius 1 is 1.35 bits per heavy atom. The van der Waals surface area contributed by atoms with Crippen LogP contribution in [0.5, 0.6) is 0 Å². The van der Waals surface area contributed by atoms with E-state index in [0.717, 1.165) is 5.56 Å². The third kappa shape index (κ3) is 2.33. The molecule has 1 aromatic carbocycles. The molecular formula is C13H12ClN3. The van der Waals surface area contributed by atoms with Crippen molar-refractivity contribution in [2.24, 2.45) is 5.73 Å². The number of benzene rings is 1. The summed E-state index contributed by atoms with van der Waals surface area (Å²) in [5.41, 5.74) is 7.40. The van der Waals surface area contributed by atoms with Gasteiger partial charge in [0.05, 0.1) is 6.04 Å². The Hall–Kier alpha value is -1.76. The minimum atomic E-state index is -0.0571. The second-order valence-electron chi connectivity index (χ2n) is 3.72. The predicted molar refractivity (Wildman–Crippen MR) is 67.8 cm³/mol. The number of halogens is 1. The van der Waals surface area contributed by atoms with E-state index in [1.54, 1.807) is 6.07 Å². The molecule has 2 rings (SSSR count). The molecular weight excluding hydrogens is 234 g/mol. The maximum absolute atomic E-state index is 9.02. The Balaban J connectivity index is 2.44. The second kappa shape index (κ2) is 5.05. The third-order valence-corrected chi connectivity index (χ3v) is 2.92. The van der Waals surface area contributed by atoms with Crippen molar-refractivity contribution in [3.63, 3.8) is 0 Å². The van der Waals surface area contributed by atoms with Crippen LogP contribution in [0.2, 0.25) is 5.02 Å². The smallest absolute Gasteiger partial charge is 0.120 e. The van der Waals surface area contributed by atoms with Gasteiger partial charge in [-0.15, -0.1) is 0 Å². The molecule has 0 saturated heterocycles. The molecule has 0 amide bonds. The number of nitrogens with zero attached hydrogens (tertiary/aromatic N) is 2. The number of nitrogens with two attached hydrogens (primary N) is 1. The topological polar surface area (TPSA) is 54.7 Å². The van der Waals surface area contributed by atoms with Gasteiger partial charge in [-0.1, -0.05) is 23.7 Å². The van der Waals surface area contributed by atoms with E-state index in [2.05, 4.69) is 6.07 Å². The first-order valence-corrected chi connectivity index (χ1v) is 5.66. The second-order valence-corrected chi connectivity index (χ2v) is 4.16. The minimum absolute atomic E-state index is 0.0571. The molecule has 3 nitrogen and oxygen atoms in total. The van der Waals surface area contributed by atoms with Crippen molar-refractivity contribution in [1.29, 1.82) is 5.26 Å². The quantitative estimate of drug-likeness (QED) is 0.904. The molecule has 0 aliphatic carbocycles. The summed E-state index contributed by atoms with van der Waals surface area (Å²) >= 11 is 5.97. The zero-order valence-corrected chi connectivity index (χ0v) is 9.93. The van der Waals surface area contributed by atoms with Gasteiger partial charge in [0.2, 0.25) is 0 Å². The first-order valence-electron chi connectivity index (χ1n) is 5.28. The average molecular weight is 246 g/mol. The van der Waals surface area contributed by atoms with Gasteiger partial charge in [0.15, 0.2) is 0 Å². The monoisotopic (exact) mass is 245 g/mol. The predicted octanol–water partition coefficient (Wildman–Crippen LogP) is 2.56. The van der Waals surface area contributed by atoms with E-state index in [4.69, 9.17) is 22.6 Å². The number of hydrogen-bond acceptors (Lipinski definition) is 2. The molecule has 17 heavy (non-hydrogen) atoms. The van der Waals surface area contributed by atoms with Crippen LogP contribution < -0.4 is 5.73 Å². The van der Waals surface area contributed by atoms with Gasteiger partial charge >= 0.3 is 0 Å². The molecule has 1 unspecified atom stereocenters. The van der Waals surface area contributed by atoms with Gasteiger partial charge in [0.1, 0.15) is 11.8 Å². The molecule has 0 aliphatic rings. The van der Waals surface area contributed by atoms with Gasteiger partial charge < -0.3 is 10.3 Å². The molecule has 1 heterocycles. The van der Waals surface area contributed by atoms with Gasteiger partial charge in [0, 0.05) is 17.8 Å². The van der Waals surface area contributed by atoms with Crippen molar-refractivity contribution in [2.75, 3.05) is 6.54 Å². The summed E-state index contributed by atoms with van der Waals surface area (Å²) in [6.07, 6.45) is 1.86. The zero-order valence-electron chi connectivity index (χ0n) is 9.18. The Morgan fingerprint density at radius 3 is 2.82 bits per heavy atom. The Labute approximate surface area is 105 Å². The number of aromatic nitrogens is 1. The lowest BCUT2D eigenvalue weighted by molar-refractivity contribution is 0.592. The molecule has 1 atom stereocenters. The average Bonchev–Trinajstić information content (AvgIpc) is 2.78. The lowest BCUT2D eigenvalue weighted by atomic mass is 10.1. The van der Waals surface area contributed by atoms with Crippen LogP contribution in [-0.4, -0.2) is 11.1 Å². The van der Waals surface area contributed by atoms with Crippen molar-refractivity contribution < 1.29 is 0 Å². The highest BCUT2D eigenvalue weighted by Crippen LogP contribution is 2.22. The maximum Gasteiger partial charge on any atom is 0.120 e. The summed E-state index contributed by atoms with van der Waals surface area (Å²) in [7, 11) is 0. The summed E-state index contributed by atoms with van der Waals surface area (Å²) < 4.78 is 1.87. The van der Waals surface area contributed by atoms with Crippen LogP contribution >= 0.6 is 11.6 Å². The molecule has 0 bridgehead atoms. The Kier molecular flexibility index (Phi) is 3.48. The maximum atomic E-state index is 9.02. The van der Waals surface area contributed by atoms with Crippen molar-refractivity contribution in [3.8, 4) is 6.07 Å². The van der Waals surface area contributed by atoms with Crippen LogP contribution in [-0.2, 0) is 0 Å². The first-order chi connectivity index (χ1) is 8.26. The van der Waals surface area contributed by atoms with Crippen LogP contribution in [0, 0.1) is 11.3 Å². The lowest BCUT2D eigenvalue weighted by Gasteiger charge is -2.18. The van der Waals surface area contributed by atoms with Crippen molar-refractivity contribution >= 4 is 11.6 Å². The van der Waals surface area contributed by atoms with E-state index in [1.807, 2.05) is 41.1 Å². The summed E-state index contributed by atoms with van der Waals surface area (Å²) in [5, 5.41) is 9.69. The fraction of sp³-hybridized carbons (Fsp3) is 0.154. The molecule has 0 radical (unpaired) electrons. The van der Waals surface area contributed by atoms with Crippen LogP contribution in [0.15, 0.2) is 42.6 Å². The lowest BCUT2D eigenvalue weighted by Crippen LogP contribution is -2.20. The summed E-state index contributed by atoms with van der Waals surface area (Å²) in [6.45, 7) is 0.420. The highest BCUT2D eigenvalue weighted by atomic mass is 35.5. The standard InChI is InChI=1S/C13H12ClN3/c14-11-4-1-3-10(7-11)13(9-16)17-6-2-5-12(17)8-15/h1-7,13H,9,16H2. The highest BCUT2D eigenvalue weighted by molar-refractivity contribution is 6.30. The molecule has 1 aromatic heterocycles.